The van der Waals surface area contributed by atoms with Crippen LogP contribution >= 0.6 is 11.6 Å². The van der Waals surface area contributed by atoms with Crippen LogP contribution < -0.4 is 0 Å². The molecule has 0 N–H and O–H groups in total. The third-order valence-electron chi connectivity index (χ3n) is 3.58. The number of halogens is 1. The van der Waals surface area contributed by atoms with Crippen molar-refractivity contribution in [3.8, 4) is 0 Å². The van der Waals surface area contributed by atoms with Crippen LogP contribution in [0.2, 0.25) is 0 Å². The molecule has 1 aliphatic carbocycles. The maximum Gasteiger partial charge on any atom is 0.326 e. The molecule has 0 aromatic carbocycles. The van der Waals surface area contributed by atoms with E-state index in [1.54, 1.807) is 13.8 Å². The zero-order chi connectivity index (χ0) is 11.7. The SMILES string of the molecule is CCC1(CC)CC(OC(=O)C(C)(C)Cl)C1. The molecule has 3 heteroatoms. The van der Waals surface area contributed by atoms with Gasteiger partial charge in [-0.05, 0) is 32.1 Å². The first kappa shape index (κ1) is 12.8. The first-order valence-electron chi connectivity index (χ1n) is 5.73. The Morgan fingerprint density at radius 3 is 2.20 bits per heavy atom. The van der Waals surface area contributed by atoms with Crippen molar-refractivity contribution in [3.63, 3.8) is 0 Å². The fourth-order valence-corrected chi connectivity index (χ4v) is 2.15. The van der Waals surface area contributed by atoms with E-state index in [9.17, 15) is 4.79 Å². The Bertz CT molecular complexity index is 230. The number of hydrogen-bond acceptors (Lipinski definition) is 2. The highest BCUT2D eigenvalue weighted by Crippen LogP contribution is 2.48. The van der Waals surface area contributed by atoms with E-state index in [1.165, 1.54) is 12.8 Å². The van der Waals surface area contributed by atoms with Gasteiger partial charge in [0, 0.05) is 0 Å². The van der Waals surface area contributed by atoms with E-state index < -0.39 is 4.87 Å². The molecule has 0 radical (unpaired) electrons. The zero-order valence-corrected chi connectivity index (χ0v) is 10.9. The van der Waals surface area contributed by atoms with E-state index in [0.29, 0.717) is 5.41 Å². The Morgan fingerprint density at radius 1 is 1.40 bits per heavy atom. The largest absolute Gasteiger partial charge is 0.461 e. The van der Waals surface area contributed by atoms with Crippen LogP contribution in [0.5, 0.6) is 0 Å². The van der Waals surface area contributed by atoms with Gasteiger partial charge in [-0.3, -0.25) is 4.79 Å². The van der Waals surface area contributed by atoms with Gasteiger partial charge in [-0.15, -0.1) is 11.6 Å². The van der Waals surface area contributed by atoms with Crippen LogP contribution in [0.3, 0.4) is 0 Å². The van der Waals surface area contributed by atoms with Gasteiger partial charge in [0.25, 0.3) is 0 Å². The normalized spacial score (nSPS) is 20.9. The van der Waals surface area contributed by atoms with Gasteiger partial charge in [-0.25, -0.2) is 0 Å². The van der Waals surface area contributed by atoms with Gasteiger partial charge in [-0.2, -0.15) is 0 Å². The van der Waals surface area contributed by atoms with Gasteiger partial charge in [0.2, 0.25) is 0 Å². The summed E-state index contributed by atoms with van der Waals surface area (Å²) in [6.45, 7) is 7.74. The third kappa shape index (κ3) is 2.87. The van der Waals surface area contributed by atoms with Crippen LogP contribution in [0.1, 0.15) is 53.4 Å². The summed E-state index contributed by atoms with van der Waals surface area (Å²) in [6.07, 6.45) is 4.43. The van der Waals surface area contributed by atoms with Crippen molar-refractivity contribution in [2.24, 2.45) is 5.41 Å². The van der Waals surface area contributed by atoms with Crippen LogP contribution in [-0.2, 0) is 9.53 Å². The maximum absolute atomic E-state index is 11.5. The summed E-state index contributed by atoms with van der Waals surface area (Å²) in [5.74, 6) is -0.296. The van der Waals surface area contributed by atoms with Crippen LogP contribution in [-0.4, -0.2) is 16.9 Å². The van der Waals surface area contributed by atoms with Crippen LogP contribution in [0.4, 0.5) is 0 Å². The lowest BCUT2D eigenvalue weighted by Gasteiger charge is -2.46. The molecule has 0 atom stereocenters. The van der Waals surface area contributed by atoms with E-state index in [1.807, 2.05) is 0 Å². The molecule has 0 aliphatic heterocycles. The van der Waals surface area contributed by atoms with E-state index >= 15 is 0 Å². The van der Waals surface area contributed by atoms with Crippen molar-refractivity contribution in [2.75, 3.05) is 0 Å². The van der Waals surface area contributed by atoms with Crippen molar-refractivity contribution in [2.45, 2.75) is 64.4 Å². The molecule has 0 heterocycles. The lowest BCUT2D eigenvalue weighted by atomic mass is 9.63. The molecule has 15 heavy (non-hydrogen) atoms. The van der Waals surface area contributed by atoms with Crippen LogP contribution in [0, 0.1) is 5.41 Å². The minimum atomic E-state index is -0.892. The molecule has 2 nitrogen and oxygen atoms in total. The molecule has 0 saturated heterocycles. The van der Waals surface area contributed by atoms with Crippen molar-refractivity contribution in [1.29, 1.82) is 0 Å². The monoisotopic (exact) mass is 232 g/mol. The van der Waals surface area contributed by atoms with E-state index in [4.69, 9.17) is 16.3 Å². The number of alkyl halides is 1. The molecule has 1 aliphatic rings. The predicted molar refractivity (Wildman–Crippen MR) is 62.1 cm³/mol. The minimum absolute atomic E-state index is 0.0930. The van der Waals surface area contributed by atoms with E-state index in [2.05, 4.69) is 13.8 Å². The standard InChI is InChI=1S/C12H21ClO2/c1-5-12(6-2)7-9(8-12)15-10(14)11(3,4)13/h9H,5-8H2,1-4H3. The van der Waals surface area contributed by atoms with Crippen LogP contribution in [0.25, 0.3) is 0 Å². The van der Waals surface area contributed by atoms with Gasteiger partial charge in [-0.1, -0.05) is 26.7 Å². The Balaban J connectivity index is 2.38. The molecule has 0 aromatic heterocycles. The van der Waals surface area contributed by atoms with Gasteiger partial charge in [0.15, 0.2) is 0 Å². The van der Waals surface area contributed by atoms with Crippen molar-refractivity contribution >= 4 is 17.6 Å². The maximum atomic E-state index is 11.5. The number of esters is 1. The molecular weight excluding hydrogens is 212 g/mol. The molecule has 0 spiro atoms. The minimum Gasteiger partial charge on any atom is -0.461 e. The van der Waals surface area contributed by atoms with Crippen molar-refractivity contribution in [1.82, 2.24) is 0 Å². The summed E-state index contributed by atoms with van der Waals surface area (Å²) >= 11 is 5.87. The average Bonchev–Trinajstić information content (AvgIpc) is 2.08. The highest BCUT2D eigenvalue weighted by atomic mass is 35.5. The second-order valence-electron chi connectivity index (χ2n) is 5.12. The summed E-state index contributed by atoms with van der Waals surface area (Å²) in [4.78, 5) is 10.6. The zero-order valence-electron chi connectivity index (χ0n) is 10.1. The number of carbonyl (C=O) groups is 1. The van der Waals surface area contributed by atoms with Crippen molar-refractivity contribution < 1.29 is 9.53 Å². The highest BCUT2D eigenvalue weighted by molar-refractivity contribution is 6.33. The fourth-order valence-electron chi connectivity index (χ4n) is 2.11. The molecule has 1 rings (SSSR count). The molecule has 88 valence electrons. The second-order valence-corrected chi connectivity index (χ2v) is 6.06. The fraction of sp³-hybridized carbons (Fsp3) is 0.917. The van der Waals surface area contributed by atoms with Crippen LogP contribution in [0.15, 0.2) is 0 Å². The molecular formula is C12H21ClO2. The Hall–Kier alpha value is -0.240. The topological polar surface area (TPSA) is 26.3 Å². The molecule has 0 unspecified atom stereocenters. The molecule has 0 aromatic rings. The predicted octanol–water partition coefficient (Wildman–Crippen LogP) is 3.52. The molecule has 1 saturated carbocycles. The molecule has 0 amide bonds. The highest BCUT2D eigenvalue weighted by Gasteiger charge is 2.44. The summed E-state index contributed by atoms with van der Waals surface area (Å²) < 4.78 is 5.34. The first-order valence-corrected chi connectivity index (χ1v) is 6.11. The van der Waals surface area contributed by atoms with Gasteiger partial charge in [0.1, 0.15) is 11.0 Å². The quantitative estimate of drug-likeness (QED) is 0.548. The Kier molecular flexibility index (Phi) is 3.70. The van der Waals surface area contributed by atoms with E-state index in [-0.39, 0.29) is 12.1 Å². The number of ether oxygens (including phenoxy) is 1. The Morgan fingerprint density at radius 2 is 1.87 bits per heavy atom. The molecule has 1 fully saturated rings. The molecule has 0 bridgehead atoms. The summed E-state index contributed by atoms with van der Waals surface area (Å²) in [5, 5.41) is 0. The number of rotatable bonds is 4. The van der Waals surface area contributed by atoms with Gasteiger partial charge < -0.3 is 4.74 Å². The summed E-state index contributed by atoms with van der Waals surface area (Å²) in [7, 11) is 0. The summed E-state index contributed by atoms with van der Waals surface area (Å²) in [5.41, 5.74) is 0.418. The Labute approximate surface area is 97.3 Å². The van der Waals surface area contributed by atoms with Gasteiger partial charge in [0.05, 0.1) is 0 Å². The van der Waals surface area contributed by atoms with E-state index in [0.717, 1.165) is 12.8 Å². The van der Waals surface area contributed by atoms with Crippen molar-refractivity contribution in [3.05, 3.63) is 0 Å². The smallest absolute Gasteiger partial charge is 0.326 e. The first-order chi connectivity index (χ1) is 6.83. The lowest BCUT2D eigenvalue weighted by molar-refractivity contribution is -0.164. The lowest BCUT2D eigenvalue weighted by Crippen LogP contribution is -2.44. The third-order valence-corrected chi connectivity index (χ3v) is 3.73. The summed E-state index contributed by atoms with van der Waals surface area (Å²) in [6, 6.07) is 0. The second kappa shape index (κ2) is 4.32. The van der Waals surface area contributed by atoms with Gasteiger partial charge >= 0.3 is 5.97 Å². The number of hydrogen-bond donors (Lipinski definition) is 0. The number of carbonyl (C=O) groups excluding carboxylic acids is 1. The average molecular weight is 233 g/mol.